The molecule has 0 bridgehead atoms. The van der Waals surface area contributed by atoms with Crippen molar-refractivity contribution in [3.8, 4) is 0 Å². The van der Waals surface area contributed by atoms with Gasteiger partial charge in [0.05, 0.1) is 15.7 Å². The number of halogens is 2. The molecule has 0 unspecified atom stereocenters. The number of rotatable bonds is 8. The molecule has 0 heterocycles. The Kier molecular flexibility index (Phi) is 9.37. The molecule has 6 heteroatoms. The largest absolute Gasteiger partial charge is 0.325 e. The molecule has 0 aromatic heterocycles. The molecule has 3 nitrogen and oxygen atoms in total. The van der Waals surface area contributed by atoms with Crippen LogP contribution in [0.4, 0.5) is 5.69 Å². The number of amides is 1. The number of nitrogens with one attached hydrogen (secondary N) is 1. The average Bonchev–Trinajstić information content (AvgIpc) is 2.64. The molecule has 1 fully saturated rings. The Labute approximate surface area is 189 Å². The summed E-state index contributed by atoms with van der Waals surface area (Å²) in [5, 5.41) is 3.94. The number of hydrogen-bond donors (Lipinski definition) is 1. The molecule has 1 aliphatic rings. The molecule has 1 amide bonds. The van der Waals surface area contributed by atoms with E-state index in [1.807, 2.05) is 13.8 Å². The van der Waals surface area contributed by atoms with Gasteiger partial charge < -0.3 is 5.32 Å². The fourth-order valence-corrected chi connectivity index (χ4v) is 5.30. The lowest BCUT2D eigenvalue weighted by atomic mass is 9.69. The van der Waals surface area contributed by atoms with Crippen molar-refractivity contribution >= 4 is 51.7 Å². The van der Waals surface area contributed by atoms with Crippen LogP contribution >= 0.6 is 35.0 Å². The molecule has 0 saturated heterocycles. The molecule has 0 aliphatic heterocycles. The third kappa shape index (κ3) is 7.18. The first-order valence-electron chi connectivity index (χ1n) is 10.6. The van der Waals surface area contributed by atoms with Crippen LogP contribution in [0.25, 0.3) is 0 Å². The molecule has 1 aromatic rings. The van der Waals surface area contributed by atoms with E-state index in [4.69, 9.17) is 23.2 Å². The van der Waals surface area contributed by atoms with Gasteiger partial charge in [-0.1, -0.05) is 70.2 Å². The highest BCUT2D eigenvalue weighted by molar-refractivity contribution is 8.13. The van der Waals surface area contributed by atoms with Crippen LogP contribution in [0.15, 0.2) is 17.0 Å². The summed E-state index contributed by atoms with van der Waals surface area (Å²) in [6.45, 7) is 8.42. The van der Waals surface area contributed by atoms with Gasteiger partial charge in [0, 0.05) is 16.7 Å². The van der Waals surface area contributed by atoms with Gasteiger partial charge in [0.15, 0.2) is 5.12 Å². The molecule has 1 saturated carbocycles. The monoisotopic (exact) mass is 457 g/mol. The number of carbonyl (C=O) groups excluding carboxylic acids is 2. The zero-order valence-corrected chi connectivity index (χ0v) is 20.3. The normalized spacial score (nSPS) is 16.3. The van der Waals surface area contributed by atoms with Crippen molar-refractivity contribution in [1.29, 1.82) is 0 Å². The van der Waals surface area contributed by atoms with Crippen LogP contribution in [0.2, 0.25) is 10.0 Å². The van der Waals surface area contributed by atoms with E-state index >= 15 is 0 Å². The first-order chi connectivity index (χ1) is 13.6. The van der Waals surface area contributed by atoms with Crippen molar-refractivity contribution in [1.82, 2.24) is 0 Å². The Morgan fingerprint density at radius 2 is 1.66 bits per heavy atom. The second-order valence-electron chi connectivity index (χ2n) is 9.06. The van der Waals surface area contributed by atoms with E-state index in [1.54, 1.807) is 12.1 Å². The van der Waals surface area contributed by atoms with Gasteiger partial charge in [-0.15, -0.1) is 0 Å². The van der Waals surface area contributed by atoms with E-state index < -0.39 is 0 Å². The molecule has 2 rings (SSSR count). The van der Waals surface area contributed by atoms with E-state index in [2.05, 4.69) is 19.2 Å². The second kappa shape index (κ2) is 11.1. The third-order valence-electron chi connectivity index (χ3n) is 5.56. The molecule has 29 heavy (non-hydrogen) atoms. The standard InChI is InChI=1S/C23H33Cl2NO2S/c1-15(2)8-11-23(9-6-5-7-10-23)22(28)26-19-13-17(24)18(25)14-20(19)29-21(27)12-16(3)4/h13-16H,5-12H2,1-4H3,(H,26,28). The topological polar surface area (TPSA) is 46.2 Å². The maximum atomic E-state index is 13.4. The molecule has 0 radical (unpaired) electrons. The predicted octanol–water partition coefficient (Wildman–Crippen LogP) is 7.98. The number of benzene rings is 1. The maximum Gasteiger partial charge on any atom is 0.230 e. The fourth-order valence-electron chi connectivity index (χ4n) is 3.85. The van der Waals surface area contributed by atoms with Crippen molar-refractivity contribution in [2.45, 2.75) is 84.0 Å². The maximum absolute atomic E-state index is 13.4. The van der Waals surface area contributed by atoms with Crippen LogP contribution in [0.1, 0.15) is 79.1 Å². The van der Waals surface area contributed by atoms with Gasteiger partial charge in [0.2, 0.25) is 5.91 Å². The molecule has 1 N–H and O–H groups in total. The van der Waals surface area contributed by atoms with Crippen LogP contribution in [-0.2, 0) is 9.59 Å². The van der Waals surface area contributed by atoms with Crippen molar-refractivity contribution in [2.75, 3.05) is 5.32 Å². The quantitative estimate of drug-likeness (QED) is 0.402. The fraction of sp³-hybridized carbons (Fsp3) is 0.652. The molecular weight excluding hydrogens is 425 g/mol. The number of thioether (sulfide) groups is 1. The van der Waals surface area contributed by atoms with Crippen molar-refractivity contribution in [3.05, 3.63) is 22.2 Å². The van der Waals surface area contributed by atoms with E-state index in [9.17, 15) is 9.59 Å². The number of carbonyl (C=O) groups is 2. The first kappa shape index (κ1) is 24.6. The minimum atomic E-state index is -0.335. The molecular formula is C23H33Cl2NO2S. The zero-order valence-electron chi connectivity index (χ0n) is 17.9. The van der Waals surface area contributed by atoms with Gasteiger partial charge in [-0.05, 0) is 61.4 Å². The highest BCUT2D eigenvalue weighted by atomic mass is 35.5. The van der Waals surface area contributed by atoms with Gasteiger partial charge in [-0.3, -0.25) is 9.59 Å². The van der Waals surface area contributed by atoms with E-state index in [-0.39, 0.29) is 22.4 Å². The van der Waals surface area contributed by atoms with Crippen molar-refractivity contribution < 1.29 is 9.59 Å². The van der Waals surface area contributed by atoms with Gasteiger partial charge in [-0.2, -0.15) is 0 Å². The minimum absolute atomic E-state index is 0.0504. The van der Waals surface area contributed by atoms with Gasteiger partial charge in [0.1, 0.15) is 0 Å². The Bertz CT molecular complexity index is 728. The Balaban J connectivity index is 2.26. The highest BCUT2D eigenvalue weighted by Gasteiger charge is 2.39. The van der Waals surface area contributed by atoms with Gasteiger partial charge >= 0.3 is 0 Å². The molecule has 162 valence electrons. The number of hydrogen-bond acceptors (Lipinski definition) is 3. The summed E-state index contributed by atoms with van der Waals surface area (Å²) in [6.07, 6.45) is 7.59. The lowest BCUT2D eigenvalue weighted by molar-refractivity contribution is -0.128. The van der Waals surface area contributed by atoms with E-state index in [0.29, 0.717) is 33.0 Å². The van der Waals surface area contributed by atoms with Crippen LogP contribution in [0, 0.1) is 17.3 Å². The van der Waals surface area contributed by atoms with Gasteiger partial charge in [-0.25, -0.2) is 0 Å². The summed E-state index contributed by atoms with van der Waals surface area (Å²) in [6, 6.07) is 3.36. The summed E-state index contributed by atoms with van der Waals surface area (Å²) in [4.78, 5) is 26.5. The third-order valence-corrected chi connectivity index (χ3v) is 7.24. The lowest BCUT2D eigenvalue weighted by Crippen LogP contribution is -2.38. The smallest absolute Gasteiger partial charge is 0.230 e. The van der Waals surface area contributed by atoms with Gasteiger partial charge in [0.25, 0.3) is 0 Å². The molecule has 0 spiro atoms. The summed E-state index contributed by atoms with van der Waals surface area (Å²) in [7, 11) is 0. The van der Waals surface area contributed by atoms with Crippen LogP contribution in [-0.4, -0.2) is 11.0 Å². The summed E-state index contributed by atoms with van der Waals surface area (Å²) in [5.41, 5.74) is 0.249. The predicted molar refractivity (Wildman–Crippen MR) is 125 cm³/mol. The summed E-state index contributed by atoms with van der Waals surface area (Å²) in [5.74, 6) is 0.887. The van der Waals surface area contributed by atoms with Crippen molar-refractivity contribution in [2.24, 2.45) is 17.3 Å². The Morgan fingerprint density at radius 3 is 2.24 bits per heavy atom. The van der Waals surface area contributed by atoms with Crippen LogP contribution in [0.3, 0.4) is 0 Å². The molecule has 0 atom stereocenters. The van der Waals surface area contributed by atoms with E-state index in [1.165, 1.54) is 6.42 Å². The SMILES string of the molecule is CC(C)CCC1(C(=O)Nc2cc(Cl)c(Cl)cc2SC(=O)CC(C)C)CCCCC1. The highest BCUT2D eigenvalue weighted by Crippen LogP contribution is 2.43. The number of anilines is 1. The van der Waals surface area contributed by atoms with Crippen molar-refractivity contribution in [3.63, 3.8) is 0 Å². The molecule has 1 aromatic carbocycles. The van der Waals surface area contributed by atoms with E-state index in [0.717, 1.165) is 50.3 Å². The van der Waals surface area contributed by atoms with Crippen LogP contribution < -0.4 is 5.32 Å². The molecule has 1 aliphatic carbocycles. The van der Waals surface area contributed by atoms with Crippen LogP contribution in [0.5, 0.6) is 0 Å². The Morgan fingerprint density at radius 1 is 1.03 bits per heavy atom. The Hall–Kier alpha value is -0.710. The average molecular weight is 458 g/mol. The summed E-state index contributed by atoms with van der Waals surface area (Å²) >= 11 is 13.6. The first-order valence-corrected chi connectivity index (χ1v) is 12.2. The second-order valence-corrected chi connectivity index (χ2v) is 11.0. The minimum Gasteiger partial charge on any atom is -0.325 e. The zero-order chi connectivity index (χ0) is 21.6. The summed E-state index contributed by atoms with van der Waals surface area (Å²) < 4.78 is 0. The lowest BCUT2D eigenvalue weighted by Gasteiger charge is -2.36.